The van der Waals surface area contributed by atoms with E-state index in [4.69, 9.17) is 0 Å². The molecule has 0 atom stereocenters. The molecule has 0 fully saturated rings. The third kappa shape index (κ3) is 0.939. The number of rotatable bonds is 0. The van der Waals surface area contributed by atoms with Gasteiger partial charge in [0.05, 0.1) is 5.57 Å². The molecule has 0 saturated heterocycles. The molecule has 0 N–H and O–H groups in total. The van der Waals surface area contributed by atoms with E-state index in [9.17, 15) is 9.59 Å². The zero-order valence-corrected chi connectivity index (χ0v) is 8.18. The Labute approximate surface area is 83.8 Å². The van der Waals surface area contributed by atoms with E-state index in [0.29, 0.717) is 11.1 Å². The van der Waals surface area contributed by atoms with Crippen LogP contribution in [0.2, 0.25) is 0 Å². The van der Waals surface area contributed by atoms with E-state index in [1.165, 1.54) is 0 Å². The fourth-order valence-corrected chi connectivity index (χ4v) is 1.71. The smallest absolute Gasteiger partial charge is 0.197 e. The Morgan fingerprint density at radius 1 is 1.07 bits per heavy atom. The maximum atomic E-state index is 11.7. The van der Waals surface area contributed by atoms with Crippen molar-refractivity contribution in [2.24, 2.45) is 0 Å². The number of hydrogen-bond donors (Lipinski definition) is 0. The summed E-state index contributed by atoms with van der Waals surface area (Å²) in [5, 5.41) is 0. The Morgan fingerprint density at radius 2 is 1.71 bits per heavy atom. The van der Waals surface area contributed by atoms with Crippen molar-refractivity contribution >= 4 is 38.2 Å². The lowest BCUT2D eigenvalue weighted by Gasteiger charge is -2.04. The van der Waals surface area contributed by atoms with E-state index in [1.807, 2.05) is 21.8 Å². The van der Waals surface area contributed by atoms with E-state index in [0.717, 1.165) is 10.9 Å². The number of Topliss-reactive ketones (excluding diaryl/α,β-unsaturated/α-hetero) is 2. The zero-order chi connectivity index (χ0) is 10.5. The lowest BCUT2D eigenvalue weighted by molar-refractivity contribution is 0.0990. The molecule has 4 heteroatoms. The molecule has 2 rings (SSSR count). The summed E-state index contributed by atoms with van der Waals surface area (Å²) in [5.41, 5.74) is 3.05. The van der Waals surface area contributed by atoms with E-state index in [-0.39, 0.29) is 17.1 Å². The quantitative estimate of drug-likeness (QED) is 0.267. The van der Waals surface area contributed by atoms with Crippen molar-refractivity contribution in [2.45, 2.75) is 0 Å². The number of carbonyl (C=O) groups is 2. The van der Waals surface area contributed by atoms with Gasteiger partial charge < -0.3 is 0 Å². The van der Waals surface area contributed by atoms with E-state index in [2.05, 4.69) is 6.58 Å². The van der Waals surface area contributed by atoms with Crippen LogP contribution in [0.25, 0.3) is 0 Å². The van der Waals surface area contributed by atoms with Crippen molar-refractivity contribution in [3.63, 3.8) is 0 Å². The van der Waals surface area contributed by atoms with Gasteiger partial charge in [0, 0.05) is 11.1 Å². The number of carbonyl (C=O) groups excluding carboxylic acids is 2. The minimum Gasteiger partial charge on any atom is -0.288 e. The number of ketones is 2. The Hall–Kier alpha value is -1.57. The molecule has 0 amide bonds. The fraction of sp³-hybridized carbons (Fsp3) is 0. The molecule has 0 heterocycles. The minimum absolute atomic E-state index is 0.0914. The number of fused-ring (bicyclic) bond motifs is 1. The van der Waals surface area contributed by atoms with Gasteiger partial charge in [-0.1, -0.05) is 29.6 Å². The van der Waals surface area contributed by atoms with Crippen LogP contribution < -0.4 is 10.9 Å². The van der Waals surface area contributed by atoms with Gasteiger partial charge in [0.25, 0.3) is 0 Å². The maximum Gasteiger partial charge on any atom is 0.197 e. The van der Waals surface area contributed by atoms with Crippen molar-refractivity contribution in [3.05, 3.63) is 35.4 Å². The van der Waals surface area contributed by atoms with Crippen molar-refractivity contribution < 1.29 is 9.59 Å². The number of hydrogen-bond acceptors (Lipinski definition) is 2. The Balaban J connectivity index is 2.83. The van der Waals surface area contributed by atoms with Gasteiger partial charge >= 0.3 is 0 Å². The van der Waals surface area contributed by atoms with Crippen LogP contribution in [-0.4, -0.2) is 27.3 Å². The molecule has 1 aliphatic rings. The summed E-state index contributed by atoms with van der Waals surface area (Å²) in [6.07, 6.45) is 0. The first-order chi connectivity index (χ1) is 6.54. The lowest BCUT2D eigenvalue weighted by Crippen LogP contribution is -2.30. The molecule has 66 valence electrons. The van der Waals surface area contributed by atoms with Gasteiger partial charge in [0.15, 0.2) is 11.6 Å². The van der Waals surface area contributed by atoms with Crippen molar-refractivity contribution in [1.29, 1.82) is 0 Å². The standard InChI is InChI=1S/C10H8B2O2/c1-4-9(13)5-2-3-6(11)8(12)7(5)10(4)14/h2-3H,1,11-12H2. The second kappa shape index (κ2) is 2.71. The summed E-state index contributed by atoms with van der Waals surface area (Å²) in [5.74, 6) is -0.445. The summed E-state index contributed by atoms with van der Waals surface area (Å²) < 4.78 is 0. The molecule has 2 nitrogen and oxygen atoms in total. The Bertz CT molecular complexity index is 489. The van der Waals surface area contributed by atoms with Crippen molar-refractivity contribution in [1.82, 2.24) is 0 Å². The fourth-order valence-electron chi connectivity index (χ4n) is 1.71. The van der Waals surface area contributed by atoms with Gasteiger partial charge in [-0.3, -0.25) is 9.59 Å². The van der Waals surface area contributed by atoms with Gasteiger partial charge in [0.2, 0.25) is 0 Å². The first-order valence-corrected chi connectivity index (χ1v) is 4.42. The molecule has 0 aromatic heterocycles. The predicted molar refractivity (Wildman–Crippen MR) is 60.6 cm³/mol. The van der Waals surface area contributed by atoms with E-state index in [1.54, 1.807) is 6.07 Å². The van der Waals surface area contributed by atoms with E-state index >= 15 is 0 Å². The van der Waals surface area contributed by atoms with E-state index < -0.39 is 0 Å². The van der Waals surface area contributed by atoms with Crippen LogP contribution in [0.1, 0.15) is 20.7 Å². The topological polar surface area (TPSA) is 34.1 Å². The lowest BCUT2D eigenvalue weighted by atomic mass is 9.76. The highest BCUT2D eigenvalue weighted by Crippen LogP contribution is 2.22. The summed E-state index contributed by atoms with van der Waals surface area (Å²) >= 11 is 0. The highest BCUT2D eigenvalue weighted by Gasteiger charge is 2.32. The van der Waals surface area contributed by atoms with Gasteiger partial charge in [-0.15, -0.1) is 0 Å². The maximum absolute atomic E-state index is 11.7. The monoisotopic (exact) mass is 182 g/mol. The molecule has 1 aromatic rings. The van der Waals surface area contributed by atoms with Crippen molar-refractivity contribution in [3.8, 4) is 0 Å². The molecule has 0 spiro atoms. The Kier molecular flexibility index (Phi) is 1.74. The molecule has 0 saturated carbocycles. The molecule has 1 aromatic carbocycles. The van der Waals surface area contributed by atoms with Crippen LogP contribution >= 0.6 is 0 Å². The largest absolute Gasteiger partial charge is 0.288 e. The van der Waals surface area contributed by atoms with Crippen LogP contribution in [0.3, 0.4) is 0 Å². The van der Waals surface area contributed by atoms with Crippen LogP contribution in [0.15, 0.2) is 24.3 Å². The minimum atomic E-state index is -0.229. The van der Waals surface area contributed by atoms with Crippen LogP contribution in [0.4, 0.5) is 0 Å². The molecule has 0 radical (unpaired) electrons. The van der Waals surface area contributed by atoms with Gasteiger partial charge in [-0.25, -0.2) is 0 Å². The normalized spacial score (nSPS) is 14.7. The highest BCUT2D eigenvalue weighted by molar-refractivity contribution is 6.54. The molecule has 0 aliphatic heterocycles. The first-order valence-electron chi connectivity index (χ1n) is 4.42. The Morgan fingerprint density at radius 3 is 2.36 bits per heavy atom. The molecule has 0 unspecified atom stereocenters. The predicted octanol–water partition coefficient (Wildman–Crippen LogP) is -1.86. The van der Waals surface area contributed by atoms with Crippen LogP contribution in [0.5, 0.6) is 0 Å². The first kappa shape index (κ1) is 9.00. The molecule has 0 bridgehead atoms. The molecule has 14 heavy (non-hydrogen) atoms. The van der Waals surface area contributed by atoms with Crippen molar-refractivity contribution in [2.75, 3.05) is 0 Å². The SMILES string of the molecule is Bc1ccc2c(c1B)C(=O)C(=C)C2=O. The van der Waals surface area contributed by atoms with Crippen LogP contribution in [0, 0.1) is 0 Å². The second-order valence-electron chi connectivity index (χ2n) is 3.57. The summed E-state index contributed by atoms with van der Waals surface area (Å²) in [6, 6.07) is 3.56. The third-order valence-corrected chi connectivity index (χ3v) is 2.76. The molecule has 1 aliphatic carbocycles. The average molecular weight is 182 g/mol. The summed E-state index contributed by atoms with van der Waals surface area (Å²) in [4.78, 5) is 23.2. The third-order valence-electron chi connectivity index (χ3n) is 2.76. The highest BCUT2D eigenvalue weighted by atomic mass is 16.2. The van der Waals surface area contributed by atoms with Gasteiger partial charge in [-0.05, 0) is 0 Å². The number of allylic oxidation sites excluding steroid dienone is 1. The molecular weight excluding hydrogens is 174 g/mol. The summed E-state index contributed by atoms with van der Waals surface area (Å²) in [7, 11) is 3.78. The second-order valence-corrected chi connectivity index (χ2v) is 3.57. The zero-order valence-electron chi connectivity index (χ0n) is 8.18. The van der Waals surface area contributed by atoms with Crippen LogP contribution in [-0.2, 0) is 0 Å². The van der Waals surface area contributed by atoms with Gasteiger partial charge in [0.1, 0.15) is 15.7 Å². The summed E-state index contributed by atoms with van der Waals surface area (Å²) in [6.45, 7) is 3.50. The van der Waals surface area contributed by atoms with Gasteiger partial charge in [-0.2, -0.15) is 0 Å². The average Bonchev–Trinajstić information content (AvgIpc) is 2.38. The number of benzene rings is 1. The molecular formula is C10H8B2O2.